The van der Waals surface area contributed by atoms with Crippen LogP contribution in [0.4, 0.5) is 5.95 Å². The van der Waals surface area contributed by atoms with Crippen molar-refractivity contribution in [1.82, 2.24) is 14.4 Å². The van der Waals surface area contributed by atoms with Crippen molar-refractivity contribution in [2.45, 2.75) is 11.8 Å². The molecule has 0 fully saturated rings. The summed E-state index contributed by atoms with van der Waals surface area (Å²) in [5, 5.41) is 0.00854. The summed E-state index contributed by atoms with van der Waals surface area (Å²) in [4.78, 5) is 11.6. The summed E-state index contributed by atoms with van der Waals surface area (Å²) in [7, 11) is -2.75. The van der Waals surface area contributed by atoms with E-state index in [1.807, 2.05) is 0 Å². The zero-order valence-electron chi connectivity index (χ0n) is 12.8. The maximum Gasteiger partial charge on any atom is 0.281 e. The smallest absolute Gasteiger partial charge is 0.281 e. The molecule has 11 heteroatoms. The summed E-state index contributed by atoms with van der Waals surface area (Å²) in [5.74, 6) is 5.24. The second-order valence-electron chi connectivity index (χ2n) is 4.55. The van der Waals surface area contributed by atoms with Crippen LogP contribution in [0.25, 0.3) is 0 Å². The van der Waals surface area contributed by atoms with E-state index in [1.165, 1.54) is 25.3 Å². The van der Waals surface area contributed by atoms with Crippen LogP contribution >= 0.6 is 11.6 Å². The van der Waals surface area contributed by atoms with Gasteiger partial charge in [-0.1, -0.05) is 23.7 Å². The van der Waals surface area contributed by atoms with Crippen molar-refractivity contribution in [3.63, 3.8) is 0 Å². The number of ether oxygens (including phenoxy) is 1. The van der Waals surface area contributed by atoms with Crippen molar-refractivity contribution in [3.05, 3.63) is 41.0 Å². The maximum absolute atomic E-state index is 12.5. The predicted octanol–water partition coefficient (Wildman–Crippen LogP) is 0.958. The fraction of sp³-hybridized carbons (Fsp3) is 0.154. The highest BCUT2D eigenvalue weighted by molar-refractivity contribution is 7.89. The van der Waals surface area contributed by atoms with E-state index in [1.54, 1.807) is 19.1 Å². The molecule has 0 radical (unpaired) electrons. The molecule has 2 aromatic rings. The first kappa shape index (κ1) is 17.9. The molecule has 0 unspecified atom stereocenters. The summed E-state index contributed by atoms with van der Waals surface area (Å²) < 4.78 is 30.2. The number of hydrazine groups is 1. The maximum atomic E-state index is 12.5. The zero-order valence-corrected chi connectivity index (χ0v) is 14.4. The third-order valence-corrected chi connectivity index (χ3v) is 4.90. The molecule has 24 heavy (non-hydrogen) atoms. The number of benzene rings is 1. The average Bonchev–Trinajstić information content (AvgIpc) is 2.53. The first-order valence-corrected chi connectivity index (χ1v) is 8.36. The van der Waals surface area contributed by atoms with E-state index in [0.29, 0.717) is 10.1 Å². The third kappa shape index (κ3) is 3.72. The lowest BCUT2D eigenvalue weighted by Crippen LogP contribution is -2.46. The van der Waals surface area contributed by atoms with Gasteiger partial charge >= 0.3 is 0 Å². The molecule has 1 heterocycles. The number of methoxy groups -OCH3 is 1. The van der Waals surface area contributed by atoms with Crippen LogP contribution in [0.1, 0.15) is 5.69 Å². The number of sulfonamides is 1. The molecule has 1 aromatic carbocycles. The molecular formula is C13H15ClN6O3S. The van der Waals surface area contributed by atoms with Gasteiger partial charge in [0.2, 0.25) is 11.8 Å². The molecule has 0 atom stereocenters. The molecule has 0 aliphatic rings. The number of rotatable bonds is 4. The minimum absolute atomic E-state index is 0.00854. The molecular weight excluding hydrogens is 356 g/mol. The number of halogens is 1. The number of hydrogen-bond donors (Lipinski definition) is 2. The van der Waals surface area contributed by atoms with Crippen LogP contribution < -0.4 is 16.3 Å². The number of nitrogens with zero attached hydrogens (tertiary/aromatic N) is 4. The van der Waals surface area contributed by atoms with Crippen LogP contribution in [0.15, 0.2) is 40.2 Å². The first-order valence-electron chi connectivity index (χ1n) is 6.54. The molecule has 1 aromatic heterocycles. The topological polar surface area (TPSA) is 137 Å². The van der Waals surface area contributed by atoms with E-state index in [2.05, 4.69) is 15.0 Å². The van der Waals surface area contributed by atoms with E-state index < -0.39 is 16.0 Å². The molecule has 4 N–H and O–H groups in total. The fourth-order valence-corrected chi connectivity index (χ4v) is 3.21. The Morgan fingerprint density at radius 2 is 2.00 bits per heavy atom. The SMILES string of the molecule is COc1cc(C)nc(N=C(N)N(N)S(=O)(=O)c2ccccc2Cl)n1. The van der Waals surface area contributed by atoms with E-state index in [0.717, 1.165) is 0 Å². The first-order chi connectivity index (χ1) is 11.3. The molecule has 0 spiro atoms. The Morgan fingerprint density at radius 1 is 1.33 bits per heavy atom. The molecule has 0 saturated carbocycles. The summed E-state index contributed by atoms with van der Waals surface area (Å²) in [6.07, 6.45) is 0. The van der Waals surface area contributed by atoms with Gasteiger partial charge < -0.3 is 10.5 Å². The average molecular weight is 371 g/mol. The van der Waals surface area contributed by atoms with Gasteiger partial charge in [-0.25, -0.2) is 10.8 Å². The minimum Gasteiger partial charge on any atom is -0.481 e. The van der Waals surface area contributed by atoms with Crippen molar-refractivity contribution >= 4 is 33.5 Å². The van der Waals surface area contributed by atoms with Crippen molar-refractivity contribution in [3.8, 4) is 5.88 Å². The van der Waals surface area contributed by atoms with Crippen LogP contribution in [0.3, 0.4) is 0 Å². The summed E-state index contributed by atoms with van der Waals surface area (Å²) in [6, 6.07) is 7.40. The quantitative estimate of drug-likeness (QED) is 0.354. The molecule has 0 amide bonds. The molecule has 0 aliphatic carbocycles. The number of aliphatic imine (C=N–C) groups is 1. The largest absolute Gasteiger partial charge is 0.481 e. The van der Waals surface area contributed by atoms with Gasteiger partial charge in [-0.3, -0.25) is 0 Å². The van der Waals surface area contributed by atoms with Gasteiger partial charge in [0, 0.05) is 11.8 Å². The number of aromatic nitrogens is 2. The van der Waals surface area contributed by atoms with Gasteiger partial charge in [-0.2, -0.15) is 22.8 Å². The van der Waals surface area contributed by atoms with Crippen LogP contribution in [0.2, 0.25) is 5.02 Å². The molecule has 0 bridgehead atoms. The van der Waals surface area contributed by atoms with Gasteiger partial charge in [0.1, 0.15) is 4.90 Å². The normalized spacial score (nSPS) is 12.1. The lowest BCUT2D eigenvalue weighted by molar-refractivity contribution is 0.397. The molecule has 2 rings (SSSR count). The highest BCUT2D eigenvalue weighted by Gasteiger charge is 2.26. The molecule has 128 valence electrons. The third-order valence-electron chi connectivity index (χ3n) is 2.84. The minimum atomic E-state index is -4.18. The summed E-state index contributed by atoms with van der Waals surface area (Å²) >= 11 is 5.89. The number of guanidine groups is 1. The van der Waals surface area contributed by atoms with Crippen LogP contribution in [0, 0.1) is 6.92 Å². The second kappa shape index (κ2) is 6.99. The van der Waals surface area contributed by atoms with E-state index in [4.69, 9.17) is 27.9 Å². The van der Waals surface area contributed by atoms with Gasteiger partial charge in [0.05, 0.1) is 12.1 Å². The second-order valence-corrected chi connectivity index (χ2v) is 6.74. The predicted molar refractivity (Wildman–Crippen MR) is 89.3 cm³/mol. The Labute approximate surface area is 144 Å². The fourth-order valence-electron chi connectivity index (χ4n) is 1.71. The van der Waals surface area contributed by atoms with Crippen LogP contribution in [0.5, 0.6) is 5.88 Å². The molecule has 0 saturated heterocycles. The molecule has 0 aliphatic heterocycles. The van der Waals surface area contributed by atoms with Crippen molar-refractivity contribution in [2.75, 3.05) is 7.11 Å². The lowest BCUT2D eigenvalue weighted by atomic mass is 10.4. The zero-order chi connectivity index (χ0) is 17.9. The molecule has 9 nitrogen and oxygen atoms in total. The standard InChI is InChI=1S/C13H15ClN6O3S/c1-8-7-11(23-2)18-13(17-8)19-12(15)20(16)24(21,22)10-6-4-3-5-9(10)14/h3-7H,16H2,1-2H3,(H2,15,17,18,19). The summed E-state index contributed by atoms with van der Waals surface area (Å²) in [5.41, 5.74) is 6.23. The van der Waals surface area contributed by atoms with Gasteiger partial charge in [0.15, 0.2) is 0 Å². The van der Waals surface area contributed by atoms with E-state index in [9.17, 15) is 8.42 Å². The van der Waals surface area contributed by atoms with Gasteiger partial charge in [-0.05, 0) is 19.1 Å². The number of aryl methyl sites for hydroxylation is 1. The van der Waals surface area contributed by atoms with E-state index in [-0.39, 0.29) is 21.7 Å². The van der Waals surface area contributed by atoms with E-state index >= 15 is 0 Å². The Hall–Kier alpha value is -2.43. The Balaban J connectivity index is 2.40. The van der Waals surface area contributed by atoms with Crippen LogP contribution in [-0.4, -0.2) is 35.9 Å². The Kier molecular flexibility index (Phi) is 5.22. The number of hydrogen-bond acceptors (Lipinski definition) is 7. The van der Waals surface area contributed by atoms with Crippen molar-refractivity contribution < 1.29 is 13.2 Å². The van der Waals surface area contributed by atoms with Gasteiger partial charge in [-0.15, -0.1) is 0 Å². The Morgan fingerprint density at radius 3 is 2.62 bits per heavy atom. The van der Waals surface area contributed by atoms with Crippen LogP contribution in [-0.2, 0) is 10.0 Å². The Bertz CT molecular complexity index is 887. The highest BCUT2D eigenvalue weighted by Crippen LogP contribution is 2.23. The van der Waals surface area contributed by atoms with Crippen molar-refractivity contribution in [2.24, 2.45) is 16.6 Å². The lowest BCUT2D eigenvalue weighted by Gasteiger charge is -2.17. The van der Waals surface area contributed by atoms with Crippen molar-refractivity contribution in [1.29, 1.82) is 0 Å². The monoisotopic (exact) mass is 370 g/mol. The summed E-state index contributed by atoms with van der Waals surface area (Å²) in [6.45, 7) is 1.69. The highest BCUT2D eigenvalue weighted by atomic mass is 35.5. The number of nitrogens with two attached hydrogens (primary N) is 2. The van der Waals surface area contributed by atoms with Gasteiger partial charge in [0.25, 0.3) is 16.0 Å².